The van der Waals surface area contributed by atoms with Gasteiger partial charge in [0.05, 0.1) is 5.76 Å². The SMILES string of the molecule is CC(=O)/C=C(/C)O.C[C-]=C(C)c1ccccn1.[Ir]. The van der Waals surface area contributed by atoms with Crippen LogP contribution in [0, 0.1) is 6.08 Å². The summed E-state index contributed by atoms with van der Waals surface area (Å²) in [6.45, 7) is 6.74. The summed E-state index contributed by atoms with van der Waals surface area (Å²) in [5.41, 5.74) is 2.10. The van der Waals surface area contributed by atoms with Gasteiger partial charge in [-0.2, -0.15) is 0 Å². The number of hydrogen-bond donors (Lipinski definition) is 1. The van der Waals surface area contributed by atoms with Crippen LogP contribution < -0.4 is 0 Å². The van der Waals surface area contributed by atoms with Gasteiger partial charge in [0.2, 0.25) is 0 Å². The molecule has 18 heavy (non-hydrogen) atoms. The Hall–Kier alpha value is -1.25. The zero-order chi connectivity index (χ0) is 13.3. The molecule has 0 spiro atoms. The Kier molecular flexibility index (Phi) is 11.5. The molecule has 0 bridgehead atoms. The van der Waals surface area contributed by atoms with Crippen molar-refractivity contribution in [1.29, 1.82) is 0 Å². The minimum atomic E-state index is -0.125. The molecule has 101 valence electrons. The molecule has 0 aliphatic heterocycles. The summed E-state index contributed by atoms with van der Waals surface area (Å²) < 4.78 is 0. The molecule has 0 aliphatic rings. The van der Waals surface area contributed by atoms with Crippen molar-refractivity contribution in [2.75, 3.05) is 0 Å². The number of aromatic nitrogens is 1. The number of allylic oxidation sites excluding steroid dienone is 4. The van der Waals surface area contributed by atoms with E-state index in [1.807, 2.05) is 32.0 Å². The Morgan fingerprint density at radius 2 is 1.94 bits per heavy atom. The molecule has 1 rings (SSSR count). The molecule has 0 saturated carbocycles. The third kappa shape index (κ3) is 9.94. The van der Waals surface area contributed by atoms with Crippen LogP contribution in [0.1, 0.15) is 33.4 Å². The first-order valence-corrected chi connectivity index (χ1v) is 5.28. The van der Waals surface area contributed by atoms with Crippen LogP contribution in [0.2, 0.25) is 0 Å². The molecule has 1 radical (unpaired) electrons. The van der Waals surface area contributed by atoms with Crippen molar-refractivity contribution in [3.05, 3.63) is 48.0 Å². The molecule has 0 saturated heterocycles. The van der Waals surface area contributed by atoms with E-state index in [4.69, 9.17) is 5.11 Å². The summed E-state index contributed by atoms with van der Waals surface area (Å²) in [4.78, 5) is 14.2. The van der Waals surface area contributed by atoms with Crippen LogP contribution in [0.5, 0.6) is 0 Å². The fourth-order valence-electron chi connectivity index (χ4n) is 1.01. The van der Waals surface area contributed by atoms with Gasteiger partial charge in [0.15, 0.2) is 5.78 Å². The van der Waals surface area contributed by atoms with Crippen LogP contribution in [0.4, 0.5) is 0 Å². The molecule has 4 heteroatoms. The largest absolute Gasteiger partial charge is 0.512 e. The van der Waals surface area contributed by atoms with E-state index in [1.165, 1.54) is 19.9 Å². The van der Waals surface area contributed by atoms with E-state index in [0.29, 0.717) is 0 Å². The second-order valence-corrected chi connectivity index (χ2v) is 3.49. The third-order valence-corrected chi connectivity index (χ3v) is 1.84. The van der Waals surface area contributed by atoms with Gasteiger partial charge in [-0.25, -0.2) is 5.57 Å². The Morgan fingerprint density at radius 3 is 2.22 bits per heavy atom. The molecule has 1 heterocycles. The summed E-state index contributed by atoms with van der Waals surface area (Å²) >= 11 is 0. The molecule has 0 atom stereocenters. The molecule has 3 nitrogen and oxygen atoms in total. The molecule has 0 fully saturated rings. The summed E-state index contributed by atoms with van der Waals surface area (Å²) in [6, 6.07) is 5.86. The van der Waals surface area contributed by atoms with Gasteiger partial charge in [-0.1, -0.05) is 18.7 Å². The standard InChI is InChI=1S/C9H10N.C5H8O2.Ir/c1-3-8(2)9-6-4-5-7-10-9;1-4(6)3-5(2)7;/h4-7H,1-2H3;3,6H,1-2H3;/q-1;;/b;4-3-;. The Labute approximate surface area is 122 Å². The molecule has 0 amide bonds. The Bertz CT molecular complexity index is 407. The number of rotatable bonds is 2. The number of aliphatic hydroxyl groups is 1. The Balaban J connectivity index is 0. The average Bonchev–Trinajstić information content (AvgIpc) is 2.28. The number of aliphatic hydroxyl groups excluding tert-OH is 1. The van der Waals surface area contributed by atoms with E-state index in [2.05, 4.69) is 11.1 Å². The van der Waals surface area contributed by atoms with Gasteiger partial charge in [0.25, 0.3) is 0 Å². The first kappa shape index (κ1) is 19.1. The maximum atomic E-state index is 10.0. The van der Waals surface area contributed by atoms with E-state index in [0.717, 1.165) is 11.3 Å². The van der Waals surface area contributed by atoms with E-state index in [9.17, 15) is 4.79 Å². The topological polar surface area (TPSA) is 50.2 Å². The van der Waals surface area contributed by atoms with E-state index >= 15 is 0 Å². The smallest absolute Gasteiger partial charge is 0.155 e. The van der Waals surface area contributed by atoms with Crippen LogP contribution in [0.25, 0.3) is 5.57 Å². The molecular formula is C14H18IrNO2-. The zero-order valence-corrected chi connectivity index (χ0v) is 13.4. The van der Waals surface area contributed by atoms with Crippen molar-refractivity contribution in [1.82, 2.24) is 4.98 Å². The van der Waals surface area contributed by atoms with Crippen LogP contribution in [0.15, 0.2) is 36.2 Å². The van der Waals surface area contributed by atoms with Gasteiger partial charge < -0.3 is 10.1 Å². The zero-order valence-electron chi connectivity index (χ0n) is 11.0. The van der Waals surface area contributed by atoms with Crippen LogP contribution in [0.3, 0.4) is 0 Å². The number of carbonyl (C=O) groups excluding carboxylic acids is 1. The first-order chi connectivity index (χ1) is 7.97. The summed E-state index contributed by atoms with van der Waals surface area (Å²) in [5, 5.41) is 8.36. The second-order valence-electron chi connectivity index (χ2n) is 3.49. The van der Waals surface area contributed by atoms with Crippen LogP contribution >= 0.6 is 0 Å². The van der Waals surface area contributed by atoms with Gasteiger partial charge in [0, 0.05) is 32.4 Å². The fourth-order valence-corrected chi connectivity index (χ4v) is 1.01. The van der Waals surface area contributed by atoms with Crippen LogP contribution in [-0.4, -0.2) is 15.9 Å². The molecule has 1 aromatic rings. The van der Waals surface area contributed by atoms with Gasteiger partial charge in [0.1, 0.15) is 0 Å². The molecule has 1 aromatic heterocycles. The van der Waals surface area contributed by atoms with Gasteiger partial charge in [-0.3, -0.25) is 10.9 Å². The van der Waals surface area contributed by atoms with Crippen LogP contribution in [-0.2, 0) is 24.9 Å². The first-order valence-electron chi connectivity index (χ1n) is 5.28. The quantitative estimate of drug-likeness (QED) is 0.450. The van der Waals surface area contributed by atoms with E-state index < -0.39 is 0 Å². The molecular weight excluding hydrogens is 406 g/mol. The second kappa shape index (κ2) is 10.9. The Morgan fingerprint density at radius 1 is 1.33 bits per heavy atom. The molecule has 0 unspecified atom stereocenters. The number of nitrogens with zero attached hydrogens (tertiary/aromatic N) is 1. The number of carbonyl (C=O) groups is 1. The summed E-state index contributed by atoms with van der Waals surface area (Å²) in [6.07, 6.45) is 5.99. The van der Waals surface area contributed by atoms with E-state index in [1.54, 1.807) is 6.20 Å². The fraction of sp³-hybridized carbons (Fsp3) is 0.286. The normalized spacial score (nSPS) is 10.9. The predicted octanol–water partition coefficient (Wildman–Crippen LogP) is 3.34. The van der Waals surface area contributed by atoms with E-state index in [-0.39, 0.29) is 31.6 Å². The van der Waals surface area contributed by atoms with Crippen molar-refractivity contribution in [2.45, 2.75) is 27.7 Å². The van der Waals surface area contributed by atoms with Gasteiger partial charge in [-0.05, 0) is 19.9 Å². The van der Waals surface area contributed by atoms with Crippen molar-refractivity contribution in [3.63, 3.8) is 0 Å². The van der Waals surface area contributed by atoms with Crippen molar-refractivity contribution in [2.24, 2.45) is 0 Å². The molecule has 0 aromatic carbocycles. The third-order valence-electron chi connectivity index (χ3n) is 1.84. The van der Waals surface area contributed by atoms with Crippen molar-refractivity contribution in [3.8, 4) is 0 Å². The van der Waals surface area contributed by atoms with Crippen molar-refractivity contribution < 1.29 is 30.0 Å². The predicted molar refractivity (Wildman–Crippen MR) is 69.3 cm³/mol. The minimum Gasteiger partial charge on any atom is -0.512 e. The van der Waals surface area contributed by atoms with Gasteiger partial charge in [-0.15, -0.1) is 13.0 Å². The van der Waals surface area contributed by atoms with Crippen molar-refractivity contribution >= 4 is 11.4 Å². The maximum absolute atomic E-state index is 10.0. The monoisotopic (exact) mass is 425 g/mol. The maximum Gasteiger partial charge on any atom is 0.155 e. The molecule has 1 N–H and O–H groups in total. The summed E-state index contributed by atoms with van der Waals surface area (Å²) in [5.74, 6) is -0.0625. The minimum absolute atomic E-state index is 0. The summed E-state index contributed by atoms with van der Waals surface area (Å²) in [7, 11) is 0. The number of hydrogen-bond acceptors (Lipinski definition) is 3. The number of pyridine rings is 1. The molecule has 0 aliphatic carbocycles. The van der Waals surface area contributed by atoms with Gasteiger partial charge >= 0.3 is 0 Å². The average molecular weight is 425 g/mol. The number of ketones is 1.